The molecule has 1 aromatic rings. The summed E-state index contributed by atoms with van der Waals surface area (Å²) < 4.78 is 5.24. The van der Waals surface area contributed by atoms with Gasteiger partial charge in [0.25, 0.3) is 0 Å². The Balaban J connectivity index is 2.36. The molecule has 0 saturated carbocycles. The first kappa shape index (κ1) is 17.3. The van der Waals surface area contributed by atoms with Crippen LogP contribution in [0.5, 0.6) is 5.75 Å². The lowest BCUT2D eigenvalue weighted by Crippen LogP contribution is -2.43. The molecule has 0 bridgehead atoms. The average molecular weight is 294 g/mol. The quantitative estimate of drug-likeness (QED) is 0.754. The monoisotopic (exact) mass is 294 g/mol. The van der Waals surface area contributed by atoms with Gasteiger partial charge >= 0.3 is 6.09 Å². The Morgan fingerprint density at radius 3 is 2.67 bits per heavy atom. The van der Waals surface area contributed by atoms with E-state index in [1.54, 1.807) is 12.1 Å². The van der Waals surface area contributed by atoms with E-state index in [0.717, 1.165) is 12.0 Å². The van der Waals surface area contributed by atoms with Gasteiger partial charge in [-0.3, -0.25) is 0 Å². The van der Waals surface area contributed by atoms with Gasteiger partial charge in [0.1, 0.15) is 11.4 Å². The van der Waals surface area contributed by atoms with E-state index in [-0.39, 0.29) is 11.8 Å². The van der Waals surface area contributed by atoms with Gasteiger partial charge in [0.05, 0.1) is 0 Å². The molecular formula is C16H26N2O3. The summed E-state index contributed by atoms with van der Waals surface area (Å²) in [6.07, 6.45) is 0.417. The number of phenolic OH excluding ortho intramolecular Hbond substituents is 1. The maximum absolute atomic E-state index is 11.7. The predicted octanol–water partition coefficient (Wildman–Crippen LogP) is 2.79. The van der Waals surface area contributed by atoms with Gasteiger partial charge in [-0.05, 0) is 44.9 Å². The van der Waals surface area contributed by atoms with Crippen LogP contribution in [0, 0.1) is 0 Å². The molecule has 0 aliphatic carbocycles. The van der Waals surface area contributed by atoms with Gasteiger partial charge in [-0.1, -0.05) is 19.1 Å². The minimum absolute atomic E-state index is 0.0113. The van der Waals surface area contributed by atoms with Crippen molar-refractivity contribution in [2.45, 2.75) is 52.3 Å². The van der Waals surface area contributed by atoms with Crippen LogP contribution in [0.3, 0.4) is 0 Å². The van der Waals surface area contributed by atoms with Crippen molar-refractivity contribution >= 4 is 6.09 Å². The maximum atomic E-state index is 11.7. The van der Waals surface area contributed by atoms with Gasteiger partial charge in [-0.2, -0.15) is 0 Å². The highest BCUT2D eigenvalue weighted by Crippen LogP contribution is 2.10. The first-order valence-corrected chi connectivity index (χ1v) is 7.28. The largest absolute Gasteiger partial charge is 0.508 e. The highest BCUT2D eigenvalue weighted by atomic mass is 16.6. The molecule has 0 heterocycles. The third-order valence-electron chi connectivity index (χ3n) is 2.84. The van der Waals surface area contributed by atoms with E-state index in [9.17, 15) is 9.90 Å². The third kappa shape index (κ3) is 7.56. The van der Waals surface area contributed by atoms with Gasteiger partial charge in [0, 0.05) is 19.1 Å². The van der Waals surface area contributed by atoms with Crippen molar-refractivity contribution in [2.24, 2.45) is 0 Å². The van der Waals surface area contributed by atoms with Crippen LogP contribution in [-0.4, -0.2) is 29.4 Å². The molecule has 0 aliphatic heterocycles. The first-order valence-electron chi connectivity index (χ1n) is 7.28. The number of hydrogen-bond acceptors (Lipinski definition) is 4. The summed E-state index contributed by atoms with van der Waals surface area (Å²) in [4.78, 5) is 11.7. The van der Waals surface area contributed by atoms with Crippen LogP contribution in [0.2, 0.25) is 0 Å². The Kier molecular flexibility index (Phi) is 6.49. The summed E-state index contributed by atoms with van der Waals surface area (Å²) >= 11 is 0. The minimum atomic E-state index is -0.489. The summed E-state index contributed by atoms with van der Waals surface area (Å²) in [5.74, 6) is 0.258. The van der Waals surface area contributed by atoms with Crippen LogP contribution in [0.4, 0.5) is 4.79 Å². The smallest absolute Gasteiger partial charge is 0.407 e. The van der Waals surface area contributed by atoms with Crippen LogP contribution in [0.1, 0.15) is 39.7 Å². The van der Waals surface area contributed by atoms with E-state index < -0.39 is 11.7 Å². The van der Waals surface area contributed by atoms with E-state index >= 15 is 0 Å². The number of aromatic hydroxyl groups is 1. The lowest BCUT2D eigenvalue weighted by atomic mass is 10.2. The molecule has 1 unspecified atom stereocenters. The van der Waals surface area contributed by atoms with Gasteiger partial charge in [0.2, 0.25) is 0 Å². The molecule has 0 aromatic heterocycles. The van der Waals surface area contributed by atoms with E-state index in [4.69, 9.17) is 4.74 Å². The number of carbonyl (C=O) groups excluding carboxylic acids is 1. The Labute approximate surface area is 126 Å². The zero-order valence-electron chi connectivity index (χ0n) is 13.3. The van der Waals surface area contributed by atoms with Crippen molar-refractivity contribution in [3.63, 3.8) is 0 Å². The number of rotatable bonds is 6. The summed E-state index contributed by atoms with van der Waals surface area (Å²) in [6.45, 7) is 8.82. The number of ether oxygens (including phenoxy) is 1. The molecule has 21 heavy (non-hydrogen) atoms. The second kappa shape index (κ2) is 7.88. The molecule has 0 fully saturated rings. The fraction of sp³-hybridized carbons (Fsp3) is 0.562. The second-order valence-electron chi connectivity index (χ2n) is 6.05. The fourth-order valence-corrected chi connectivity index (χ4v) is 1.83. The molecule has 1 atom stereocenters. The van der Waals surface area contributed by atoms with Gasteiger partial charge in [-0.25, -0.2) is 4.79 Å². The molecule has 0 radical (unpaired) electrons. The van der Waals surface area contributed by atoms with Crippen molar-refractivity contribution in [3.8, 4) is 5.75 Å². The average Bonchev–Trinajstić information content (AvgIpc) is 2.35. The Morgan fingerprint density at radius 2 is 2.10 bits per heavy atom. The molecular weight excluding hydrogens is 268 g/mol. The topological polar surface area (TPSA) is 70.6 Å². The highest BCUT2D eigenvalue weighted by molar-refractivity contribution is 5.68. The molecule has 0 saturated heterocycles. The van der Waals surface area contributed by atoms with Crippen molar-refractivity contribution in [1.29, 1.82) is 0 Å². The molecule has 1 amide bonds. The summed E-state index contributed by atoms with van der Waals surface area (Å²) in [6, 6.07) is 7.12. The number of nitrogens with one attached hydrogen (secondary N) is 2. The van der Waals surface area contributed by atoms with Crippen molar-refractivity contribution in [3.05, 3.63) is 29.8 Å². The van der Waals surface area contributed by atoms with Crippen LogP contribution < -0.4 is 10.6 Å². The Morgan fingerprint density at radius 1 is 1.38 bits per heavy atom. The number of hydrogen-bond donors (Lipinski definition) is 3. The van der Waals surface area contributed by atoms with Crippen LogP contribution >= 0.6 is 0 Å². The lowest BCUT2D eigenvalue weighted by molar-refractivity contribution is 0.0502. The number of carbonyl (C=O) groups is 1. The molecule has 5 nitrogen and oxygen atoms in total. The Hall–Kier alpha value is -1.75. The molecule has 0 aliphatic rings. The normalized spacial score (nSPS) is 12.8. The molecule has 3 N–H and O–H groups in total. The van der Waals surface area contributed by atoms with Crippen LogP contribution in [0.15, 0.2) is 24.3 Å². The predicted molar refractivity (Wildman–Crippen MR) is 83.3 cm³/mol. The zero-order valence-corrected chi connectivity index (χ0v) is 13.3. The molecule has 0 spiro atoms. The van der Waals surface area contributed by atoms with Crippen LogP contribution in [-0.2, 0) is 11.3 Å². The molecule has 5 heteroatoms. The van der Waals surface area contributed by atoms with Crippen molar-refractivity contribution in [2.75, 3.05) is 6.54 Å². The third-order valence-corrected chi connectivity index (χ3v) is 2.84. The van der Waals surface area contributed by atoms with Gasteiger partial charge in [0.15, 0.2) is 0 Å². The summed E-state index contributed by atoms with van der Waals surface area (Å²) in [7, 11) is 0. The highest BCUT2D eigenvalue weighted by Gasteiger charge is 2.18. The second-order valence-corrected chi connectivity index (χ2v) is 6.05. The maximum Gasteiger partial charge on any atom is 0.407 e. The van der Waals surface area contributed by atoms with Crippen molar-refractivity contribution < 1.29 is 14.6 Å². The summed E-state index contributed by atoms with van der Waals surface area (Å²) in [5, 5.41) is 15.5. The van der Waals surface area contributed by atoms with E-state index in [1.165, 1.54) is 0 Å². The molecule has 1 aromatic carbocycles. The molecule has 1 rings (SSSR count). The van der Waals surface area contributed by atoms with E-state index in [0.29, 0.717) is 13.1 Å². The number of amides is 1. The van der Waals surface area contributed by atoms with E-state index in [2.05, 4.69) is 10.6 Å². The van der Waals surface area contributed by atoms with E-state index in [1.807, 2.05) is 39.8 Å². The van der Waals surface area contributed by atoms with Gasteiger partial charge in [-0.15, -0.1) is 0 Å². The number of benzene rings is 1. The fourth-order valence-electron chi connectivity index (χ4n) is 1.83. The number of alkyl carbamates (subject to hydrolysis) is 1. The Bertz CT molecular complexity index is 455. The SMILES string of the molecule is CCC(CNCc1cccc(O)c1)NC(=O)OC(C)(C)C. The van der Waals surface area contributed by atoms with Gasteiger partial charge < -0.3 is 20.5 Å². The molecule has 118 valence electrons. The standard InChI is InChI=1S/C16H26N2O3/c1-5-13(18-15(20)21-16(2,3)4)11-17-10-12-7-6-8-14(19)9-12/h6-9,13,17,19H,5,10-11H2,1-4H3,(H,18,20). The number of phenols is 1. The van der Waals surface area contributed by atoms with Crippen LogP contribution in [0.25, 0.3) is 0 Å². The van der Waals surface area contributed by atoms with Crippen molar-refractivity contribution in [1.82, 2.24) is 10.6 Å². The first-order chi connectivity index (χ1) is 9.80. The minimum Gasteiger partial charge on any atom is -0.508 e. The lowest BCUT2D eigenvalue weighted by Gasteiger charge is -2.23. The summed E-state index contributed by atoms with van der Waals surface area (Å²) in [5.41, 5.74) is 0.513. The zero-order chi connectivity index (χ0) is 15.9.